The molecule has 1 saturated carbocycles. The average molecular weight is 228 g/mol. The molecule has 1 rings (SSSR count). The maximum absolute atomic E-state index is 12.0. The van der Waals surface area contributed by atoms with Crippen molar-refractivity contribution in [3.05, 3.63) is 0 Å². The van der Waals surface area contributed by atoms with Crippen LogP contribution < -0.4 is 10.6 Å². The van der Waals surface area contributed by atoms with E-state index in [9.17, 15) is 9.90 Å². The lowest BCUT2D eigenvalue weighted by Crippen LogP contribution is -2.57. The molecule has 0 aromatic heterocycles. The fourth-order valence-electron chi connectivity index (χ4n) is 2.15. The van der Waals surface area contributed by atoms with Gasteiger partial charge in [-0.15, -0.1) is 0 Å². The maximum Gasteiger partial charge on any atom is 0.240 e. The number of nitrogens with one attached hydrogen (secondary N) is 2. The Morgan fingerprint density at radius 1 is 1.38 bits per heavy atom. The fourth-order valence-corrected chi connectivity index (χ4v) is 2.15. The number of carbonyl (C=O) groups excluding carboxylic acids is 1. The molecule has 94 valence electrons. The Labute approximate surface area is 97.8 Å². The molecule has 4 heteroatoms. The SMILES string of the molecule is CCNC(C)(C)C(=O)N[C@@H]1CCCC[C@H]1O. The summed E-state index contributed by atoms with van der Waals surface area (Å²) in [6.07, 6.45) is 3.45. The van der Waals surface area contributed by atoms with Gasteiger partial charge < -0.3 is 15.7 Å². The molecule has 1 aliphatic carbocycles. The van der Waals surface area contributed by atoms with Crippen LogP contribution in [-0.2, 0) is 4.79 Å². The Hall–Kier alpha value is -0.610. The van der Waals surface area contributed by atoms with Crippen LogP contribution in [-0.4, -0.2) is 35.2 Å². The first-order valence-electron chi connectivity index (χ1n) is 6.21. The van der Waals surface area contributed by atoms with Crippen LogP contribution in [0.15, 0.2) is 0 Å². The molecule has 0 saturated heterocycles. The number of carbonyl (C=O) groups is 1. The zero-order valence-electron chi connectivity index (χ0n) is 10.5. The second-order valence-electron chi connectivity index (χ2n) is 5.09. The van der Waals surface area contributed by atoms with E-state index in [1.807, 2.05) is 20.8 Å². The smallest absolute Gasteiger partial charge is 0.240 e. The van der Waals surface area contributed by atoms with E-state index in [1.54, 1.807) is 0 Å². The van der Waals surface area contributed by atoms with Crippen LogP contribution in [0.5, 0.6) is 0 Å². The van der Waals surface area contributed by atoms with Crippen LogP contribution in [0, 0.1) is 0 Å². The summed E-state index contributed by atoms with van der Waals surface area (Å²) >= 11 is 0. The van der Waals surface area contributed by atoms with Crippen LogP contribution in [0.3, 0.4) is 0 Å². The highest BCUT2D eigenvalue weighted by Crippen LogP contribution is 2.19. The van der Waals surface area contributed by atoms with Crippen molar-refractivity contribution in [3.63, 3.8) is 0 Å². The molecule has 0 aromatic carbocycles. The van der Waals surface area contributed by atoms with Gasteiger partial charge in [0.05, 0.1) is 17.7 Å². The van der Waals surface area contributed by atoms with Gasteiger partial charge in [-0.3, -0.25) is 4.79 Å². The summed E-state index contributed by atoms with van der Waals surface area (Å²) in [5, 5.41) is 15.9. The minimum absolute atomic E-state index is 0.0275. The predicted octanol–water partition coefficient (Wildman–Crippen LogP) is 0.794. The van der Waals surface area contributed by atoms with Gasteiger partial charge in [0, 0.05) is 0 Å². The van der Waals surface area contributed by atoms with Crippen molar-refractivity contribution < 1.29 is 9.90 Å². The highest BCUT2D eigenvalue weighted by atomic mass is 16.3. The van der Waals surface area contributed by atoms with Crippen molar-refractivity contribution in [1.29, 1.82) is 0 Å². The molecule has 3 N–H and O–H groups in total. The minimum Gasteiger partial charge on any atom is -0.391 e. The van der Waals surface area contributed by atoms with Gasteiger partial charge in [-0.05, 0) is 33.2 Å². The lowest BCUT2D eigenvalue weighted by atomic mass is 9.91. The third-order valence-electron chi connectivity index (χ3n) is 3.23. The van der Waals surface area contributed by atoms with Gasteiger partial charge in [-0.1, -0.05) is 19.8 Å². The normalized spacial score (nSPS) is 26.5. The van der Waals surface area contributed by atoms with Crippen molar-refractivity contribution in [1.82, 2.24) is 10.6 Å². The summed E-state index contributed by atoms with van der Waals surface area (Å²) in [6.45, 7) is 6.46. The molecular weight excluding hydrogens is 204 g/mol. The summed E-state index contributed by atoms with van der Waals surface area (Å²) in [6, 6.07) is -0.0702. The van der Waals surface area contributed by atoms with Crippen LogP contribution in [0.1, 0.15) is 46.5 Å². The quantitative estimate of drug-likeness (QED) is 0.667. The van der Waals surface area contributed by atoms with Crippen LogP contribution in [0.4, 0.5) is 0 Å². The fraction of sp³-hybridized carbons (Fsp3) is 0.917. The Morgan fingerprint density at radius 2 is 2.00 bits per heavy atom. The van der Waals surface area contributed by atoms with Gasteiger partial charge in [0.15, 0.2) is 0 Å². The first-order chi connectivity index (χ1) is 7.47. The van der Waals surface area contributed by atoms with Crippen molar-refractivity contribution in [2.24, 2.45) is 0 Å². The van der Waals surface area contributed by atoms with Gasteiger partial charge in [0.1, 0.15) is 0 Å². The van der Waals surface area contributed by atoms with Gasteiger partial charge in [0.2, 0.25) is 5.91 Å². The Bertz CT molecular complexity index is 241. The van der Waals surface area contributed by atoms with E-state index in [2.05, 4.69) is 10.6 Å². The molecule has 1 amide bonds. The van der Waals surface area contributed by atoms with Crippen molar-refractivity contribution in [2.75, 3.05) is 6.54 Å². The van der Waals surface area contributed by atoms with Crippen molar-refractivity contribution in [3.8, 4) is 0 Å². The first kappa shape index (κ1) is 13.5. The number of amides is 1. The van der Waals surface area contributed by atoms with Gasteiger partial charge in [-0.2, -0.15) is 0 Å². The average Bonchev–Trinajstić information content (AvgIpc) is 2.21. The standard InChI is InChI=1S/C12H24N2O2/c1-4-13-12(2,3)11(16)14-9-7-5-6-8-10(9)15/h9-10,13,15H,4-8H2,1-3H3,(H,14,16)/t9-,10-/m1/s1. The first-order valence-corrected chi connectivity index (χ1v) is 6.21. The van der Waals surface area contributed by atoms with E-state index >= 15 is 0 Å². The third kappa shape index (κ3) is 3.46. The topological polar surface area (TPSA) is 61.4 Å². The Morgan fingerprint density at radius 3 is 2.56 bits per heavy atom. The zero-order valence-corrected chi connectivity index (χ0v) is 10.5. The minimum atomic E-state index is -0.564. The lowest BCUT2D eigenvalue weighted by Gasteiger charge is -2.32. The second kappa shape index (κ2) is 5.64. The Balaban J connectivity index is 2.49. The molecule has 0 bridgehead atoms. The molecule has 0 aromatic rings. The van der Waals surface area contributed by atoms with Crippen LogP contribution >= 0.6 is 0 Å². The van der Waals surface area contributed by atoms with Gasteiger partial charge in [0.25, 0.3) is 0 Å². The molecular formula is C12H24N2O2. The largest absolute Gasteiger partial charge is 0.391 e. The van der Waals surface area contributed by atoms with Gasteiger partial charge >= 0.3 is 0 Å². The maximum atomic E-state index is 12.0. The second-order valence-corrected chi connectivity index (χ2v) is 5.09. The summed E-state index contributed by atoms with van der Waals surface area (Å²) in [4.78, 5) is 12.0. The molecule has 16 heavy (non-hydrogen) atoms. The molecule has 1 fully saturated rings. The predicted molar refractivity (Wildman–Crippen MR) is 64.2 cm³/mol. The van der Waals surface area contributed by atoms with E-state index in [1.165, 1.54) is 0 Å². The van der Waals surface area contributed by atoms with E-state index in [-0.39, 0.29) is 18.1 Å². The number of hydrogen-bond acceptors (Lipinski definition) is 3. The molecule has 0 radical (unpaired) electrons. The Kier molecular flexibility index (Phi) is 4.74. The molecule has 0 spiro atoms. The summed E-state index contributed by atoms with van der Waals surface area (Å²) in [5.74, 6) is -0.0275. The number of hydrogen-bond donors (Lipinski definition) is 3. The van der Waals surface area contributed by atoms with E-state index in [0.29, 0.717) is 0 Å². The van der Waals surface area contributed by atoms with Crippen molar-refractivity contribution in [2.45, 2.75) is 64.1 Å². The highest BCUT2D eigenvalue weighted by Gasteiger charge is 2.31. The molecule has 4 nitrogen and oxygen atoms in total. The monoisotopic (exact) mass is 228 g/mol. The van der Waals surface area contributed by atoms with E-state index in [4.69, 9.17) is 0 Å². The number of aliphatic hydroxyl groups is 1. The summed E-state index contributed by atoms with van der Waals surface area (Å²) in [5.41, 5.74) is -0.564. The van der Waals surface area contributed by atoms with Crippen LogP contribution in [0.25, 0.3) is 0 Å². The number of rotatable bonds is 4. The molecule has 0 heterocycles. The van der Waals surface area contributed by atoms with E-state index in [0.717, 1.165) is 32.2 Å². The number of aliphatic hydroxyl groups excluding tert-OH is 1. The molecule has 1 aliphatic rings. The zero-order chi connectivity index (χ0) is 12.2. The highest BCUT2D eigenvalue weighted by molar-refractivity contribution is 5.85. The summed E-state index contributed by atoms with van der Waals surface area (Å²) < 4.78 is 0. The van der Waals surface area contributed by atoms with Crippen molar-refractivity contribution >= 4 is 5.91 Å². The number of likely N-dealkylation sites (N-methyl/N-ethyl adjacent to an activating group) is 1. The van der Waals surface area contributed by atoms with E-state index < -0.39 is 5.54 Å². The molecule has 0 aliphatic heterocycles. The summed E-state index contributed by atoms with van der Waals surface area (Å²) in [7, 11) is 0. The molecule has 0 unspecified atom stereocenters. The third-order valence-corrected chi connectivity index (χ3v) is 3.23. The lowest BCUT2D eigenvalue weighted by molar-refractivity contribution is -0.128. The molecule has 2 atom stereocenters. The van der Waals surface area contributed by atoms with Gasteiger partial charge in [-0.25, -0.2) is 0 Å². The van der Waals surface area contributed by atoms with Crippen LogP contribution in [0.2, 0.25) is 0 Å².